The van der Waals surface area contributed by atoms with Crippen molar-refractivity contribution in [3.05, 3.63) is 54.0 Å². The maximum atomic E-state index is 5.44. The number of benzene rings is 1. The molecule has 1 aromatic heterocycles. The highest BCUT2D eigenvalue weighted by Crippen LogP contribution is 2.28. The Morgan fingerprint density at radius 2 is 1.95 bits per heavy atom. The van der Waals surface area contributed by atoms with E-state index < -0.39 is 0 Å². The molecule has 1 unspecified atom stereocenters. The Morgan fingerprint density at radius 1 is 1.15 bits per heavy atom. The molecule has 1 atom stereocenters. The molecular formula is C17H24N2O. The van der Waals surface area contributed by atoms with E-state index in [9.17, 15) is 0 Å². The van der Waals surface area contributed by atoms with E-state index in [0.717, 1.165) is 25.3 Å². The highest BCUT2D eigenvalue weighted by Gasteiger charge is 2.15. The molecule has 0 spiro atoms. The van der Waals surface area contributed by atoms with Crippen LogP contribution in [-0.2, 0) is 6.54 Å². The highest BCUT2D eigenvalue weighted by molar-refractivity contribution is 5.54. The zero-order valence-corrected chi connectivity index (χ0v) is 12.6. The summed E-state index contributed by atoms with van der Waals surface area (Å²) in [6.45, 7) is 6.13. The molecule has 0 bridgehead atoms. The largest absolute Gasteiger partial charge is 0.467 e. The molecule has 0 fully saturated rings. The van der Waals surface area contributed by atoms with Gasteiger partial charge in [0.2, 0.25) is 0 Å². The summed E-state index contributed by atoms with van der Waals surface area (Å²) in [7, 11) is 2.11. The predicted octanol–water partition coefficient (Wildman–Crippen LogP) is 3.98. The number of hydrogen-bond donors (Lipinski definition) is 1. The topological polar surface area (TPSA) is 28.4 Å². The summed E-state index contributed by atoms with van der Waals surface area (Å²) in [5.74, 6) is 0.985. The molecule has 0 saturated heterocycles. The minimum Gasteiger partial charge on any atom is -0.467 e. The molecule has 0 radical (unpaired) electrons. The van der Waals surface area contributed by atoms with Gasteiger partial charge in [0, 0.05) is 18.8 Å². The van der Waals surface area contributed by atoms with Crippen molar-refractivity contribution in [3.8, 4) is 0 Å². The third-order valence-electron chi connectivity index (χ3n) is 3.56. The second-order valence-electron chi connectivity index (χ2n) is 5.01. The lowest BCUT2D eigenvalue weighted by Crippen LogP contribution is -2.24. The zero-order valence-electron chi connectivity index (χ0n) is 12.6. The van der Waals surface area contributed by atoms with Crippen LogP contribution < -0.4 is 10.2 Å². The van der Waals surface area contributed by atoms with Gasteiger partial charge in [0.15, 0.2) is 0 Å². The van der Waals surface area contributed by atoms with E-state index in [4.69, 9.17) is 4.42 Å². The lowest BCUT2D eigenvalue weighted by atomic mass is 10.0. The average Bonchev–Trinajstić information content (AvgIpc) is 2.97. The van der Waals surface area contributed by atoms with Crippen molar-refractivity contribution < 1.29 is 4.42 Å². The number of anilines is 1. The number of nitrogens with zero attached hydrogens (tertiary/aromatic N) is 1. The quantitative estimate of drug-likeness (QED) is 0.826. The Kier molecular flexibility index (Phi) is 5.24. The van der Waals surface area contributed by atoms with E-state index in [1.54, 1.807) is 6.26 Å². The molecule has 2 rings (SSSR count). The van der Waals surface area contributed by atoms with Crippen molar-refractivity contribution in [2.24, 2.45) is 0 Å². The molecule has 0 aliphatic rings. The molecular weight excluding hydrogens is 248 g/mol. The van der Waals surface area contributed by atoms with Crippen LogP contribution in [0.4, 0.5) is 5.69 Å². The van der Waals surface area contributed by atoms with Crippen molar-refractivity contribution in [1.29, 1.82) is 0 Å². The standard InChI is InChI=1S/C17H24N2O/c1-4-16(18-5-2)15-10-6-7-11-17(15)19(3)13-14-9-8-12-20-14/h6-12,16,18H,4-5,13H2,1-3H3. The Labute approximate surface area is 121 Å². The van der Waals surface area contributed by atoms with Gasteiger partial charge >= 0.3 is 0 Å². The lowest BCUT2D eigenvalue weighted by molar-refractivity contribution is 0.505. The number of para-hydroxylation sites is 1. The normalized spacial score (nSPS) is 12.3. The number of rotatable bonds is 7. The molecule has 3 heteroatoms. The van der Waals surface area contributed by atoms with Gasteiger partial charge in [-0.25, -0.2) is 0 Å². The molecule has 0 aliphatic carbocycles. The van der Waals surface area contributed by atoms with Crippen LogP contribution in [0.15, 0.2) is 47.1 Å². The Hall–Kier alpha value is -1.74. The fourth-order valence-corrected chi connectivity index (χ4v) is 2.57. The Morgan fingerprint density at radius 3 is 2.60 bits per heavy atom. The molecule has 2 aromatic rings. The van der Waals surface area contributed by atoms with E-state index in [-0.39, 0.29) is 0 Å². The van der Waals surface area contributed by atoms with Crippen molar-refractivity contribution in [1.82, 2.24) is 5.32 Å². The van der Waals surface area contributed by atoms with Crippen LogP contribution in [0.3, 0.4) is 0 Å². The minimum absolute atomic E-state index is 0.398. The minimum atomic E-state index is 0.398. The zero-order chi connectivity index (χ0) is 14.4. The Bertz CT molecular complexity index is 507. The van der Waals surface area contributed by atoms with Gasteiger partial charge in [-0.1, -0.05) is 32.0 Å². The first-order chi connectivity index (χ1) is 9.76. The van der Waals surface area contributed by atoms with Gasteiger partial charge < -0.3 is 14.6 Å². The average molecular weight is 272 g/mol. The molecule has 1 N–H and O–H groups in total. The molecule has 0 saturated carbocycles. The van der Waals surface area contributed by atoms with Gasteiger partial charge in [-0.15, -0.1) is 0 Å². The van der Waals surface area contributed by atoms with E-state index in [1.165, 1.54) is 11.3 Å². The van der Waals surface area contributed by atoms with Gasteiger partial charge in [-0.2, -0.15) is 0 Å². The molecule has 108 valence electrons. The van der Waals surface area contributed by atoms with Crippen LogP contribution in [0.25, 0.3) is 0 Å². The second-order valence-corrected chi connectivity index (χ2v) is 5.01. The maximum Gasteiger partial charge on any atom is 0.123 e. The van der Waals surface area contributed by atoms with Crippen molar-refractivity contribution in [2.45, 2.75) is 32.9 Å². The van der Waals surface area contributed by atoms with Crippen LogP contribution in [0.5, 0.6) is 0 Å². The fraction of sp³-hybridized carbons (Fsp3) is 0.412. The molecule has 20 heavy (non-hydrogen) atoms. The summed E-state index contributed by atoms with van der Waals surface area (Å²) in [6.07, 6.45) is 2.81. The van der Waals surface area contributed by atoms with Crippen molar-refractivity contribution >= 4 is 5.69 Å². The number of furan rings is 1. The van der Waals surface area contributed by atoms with Gasteiger partial charge in [0.1, 0.15) is 5.76 Å². The van der Waals surface area contributed by atoms with Gasteiger partial charge in [0.25, 0.3) is 0 Å². The highest BCUT2D eigenvalue weighted by atomic mass is 16.3. The first kappa shape index (κ1) is 14.7. The van der Waals surface area contributed by atoms with Crippen LogP contribution in [0.1, 0.15) is 37.6 Å². The molecule has 0 amide bonds. The molecule has 3 nitrogen and oxygen atoms in total. The first-order valence-electron chi connectivity index (χ1n) is 7.32. The molecule has 1 heterocycles. The smallest absolute Gasteiger partial charge is 0.123 e. The van der Waals surface area contributed by atoms with Crippen LogP contribution >= 0.6 is 0 Å². The van der Waals surface area contributed by atoms with E-state index >= 15 is 0 Å². The summed E-state index contributed by atoms with van der Waals surface area (Å²) in [4.78, 5) is 2.24. The van der Waals surface area contributed by atoms with E-state index in [2.05, 4.69) is 55.4 Å². The summed E-state index contributed by atoms with van der Waals surface area (Å²) in [6, 6.07) is 12.9. The van der Waals surface area contributed by atoms with E-state index in [0.29, 0.717) is 6.04 Å². The van der Waals surface area contributed by atoms with Crippen LogP contribution in [0, 0.1) is 0 Å². The van der Waals surface area contributed by atoms with Crippen LogP contribution in [0.2, 0.25) is 0 Å². The fourth-order valence-electron chi connectivity index (χ4n) is 2.57. The number of nitrogens with one attached hydrogen (secondary N) is 1. The van der Waals surface area contributed by atoms with E-state index in [1.807, 2.05) is 12.1 Å². The summed E-state index contributed by atoms with van der Waals surface area (Å²) >= 11 is 0. The lowest BCUT2D eigenvalue weighted by Gasteiger charge is -2.26. The summed E-state index contributed by atoms with van der Waals surface area (Å²) in [5.41, 5.74) is 2.61. The number of hydrogen-bond acceptors (Lipinski definition) is 3. The van der Waals surface area contributed by atoms with Gasteiger partial charge in [-0.3, -0.25) is 0 Å². The van der Waals surface area contributed by atoms with Gasteiger partial charge in [-0.05, 0) is 36.7 Å². The molecule has 1 aromatic carbocycles. The third kappa shape index (κ3) is 3.42. The summed E-state index contributed by atoms with van der Waals surface area (Å²) < 4.78 is 5.44. The maximum absolute atomic E-state index is 5.44. The monoisotopic (exact) mass is 272 g/mol. The van der Waals surface area contributed by atoms with Crippen molar-refractivity contribution in [2.75, 3.05) is 18.5 Å². The first-order valence-corrected chi connectivity index (χ1v) is 7.32. The van der Waals surface area contributed by atoms with Crippen molar-refractivity contribution in [3.63, 3.8) is 0 Å². The summed E-state index contributed by atoms with van der Waals surface area (Å²) in [5, 5.41) is 3.55. The second kappa shape index (κ2) is 7.15. The third-order valence-corrected chi connectivity index (χ3v) is 3.56. The molecule has 0 aliphatic heterocycles. The van der Waals surface area contributed by atoms with Gasteiger partial charge in [0.05, 0.1) is 12.8 Å². The SMILES string of the molecule is CCNC(CC)c1ccccc1N(C)Cc1ccco1. The predicted molar refractivity (Wildman–Crippen MR) is 84.0 cm³/mol. The van der Waals surface area contributed by atoms with Crippen LogP contribution in [-0.4, -0.2) is 13.6 Å². The Balaban J connectivity index is 2.22.